The summed E-state index contributed by atoms with van der Waals surface area (Å²) in [5.41, 5.74) is -0.305. The molecule has 0 heterocycles. The van der Waals surface area contributed by atoms with Crippen LogP contribution in [0.2, 0.25) is 0 Å². The standard InChI is InChI=1S/C30H47NO9/c1-19(38-27(36)37-18-30(8,9)10)17-31-21(26(34)35)13-20-11-12-22(39-24(32)15-28(2,3)4)23(14-20)40-25(33)16-29(5,6)7/h11-12,14,19,21,31H,13,15-18H2,1-10H3,(H,34,35)/t19?,21-/m0/s1. The molecular formula is C30H47NO9. The summed E-state index contributed by atoms with van der Waals surface area (Å²) in [6.45, 7) is 19.0. The number of aliphatic carboxylic acids is 1. The molecule has 40 heavy (non-hydrogen) atoms. The second kappa shape index (κ2) is 14.5. The minimum Gasteiger partial charge on any atom is -0.480 e. The van der Waals surface area contributed by atoms with Gasteiger partial charge in [0.25, 0.3) is 0 Å². The van der Waals surface area contributed by atoms with Crippen molar-refractivity contribution in [3.05, 3.63) is 23.8 Å². The van der Waals surface area contributed by atoms with Crippen LogP contribution >= 0.6 is 0 Å². The number of hydrogen-bond donors (Lipinski definition) is 2. The van der Waals surface area contributed by atoms with Crippen LogP contribution < -0.4 is 14.8 Å². The average Bonchev–Trinajstić information content (AvgIpc) is 2.73. The fourth-order valence-corrected chi connectivity index (χ4v) is 3.33. The first-order chi connectivity index (χ1) is 18.1. The maximum absolute atomic E-state index is 12.6. The van der Waals surface area contributed by atoms with Crippen molar-refractivity contribution in [3.63, 3.8) is 0 Å². The van der Waals surface area contributed by atoms with Crippen molar-refractivity contribution in [2.45, 2.75) is 101 Å². The van der Waals surface area contributed by atoms with Crippen LogP contribution in [0.3, 0.4) is 0 Å². The van der Waals surface area contributed by atoms with Crippen LogP contribution in [-0.4, -0.2) is 54.5 Å². The van der Waals surface area contributed by atoms with Crippen molar-refractivity contribution in [1.29, 1.82) is 0 Å². The van der Waals surface area contributed by atoms with Crippen LogP contribution in [0.15, 0.2) is 18.2 Å². The van der Waals surface area contributed by atoms with Gasteiger partial charge >= 0.3 is 24.1 Å². The lowest BCUT2D eigenvalue weighted by atomic mass is 9.92. The number of ether oxygens (including phenoxy) is 4. The molecule has 0 radical (unpaired) electrons. The van der Waals surface area contributed by atoms with Gasteiger partial charge in [-0.05, 0) is 47.3 Å². The third-order valence-electron chi connectivity index (χ3n) is 5.12. The number of hydrogen-bond acceptors (Lipinski definition) is 9. The average molecular weight is 566 g/mol. The first-order valence-electron chi connectivity index (χ1n) is 13.5. The molecule has 0 amide bonds. The van der Waals surface area contributed by atoms with E-state index in [1.165, 1.54) is 12.1 Å². The van der Waals surface area contributed by atoms with Gasteiger partial charge in [-0.15, -0.1) is 0 Å². The van der Waals surface area contributed by atoms with Gasteiger partial charge in [0.1, 0.15) is 12.1 Å². The third-order valence-corrected chi connectivity index (χ3v) is 5.12. The molecular weight excluding hydrogens is 518 g/mol. The maximum atomic E-state index is 12.6. The van der Waals surface area contributed by atoms with Crippen molar-refractivity contribution in [2.75, 3.05) is 13.2 Å². The number of esters is 2. The van der Waals surface area contributed by atoms with E-state index in [1.54, 1.807) is 13.0 Å². The molecule has 0 aliphatic carbocycles. The number of carboxylic acid groups (broad SMARTS) is 1. The first-order valence-corrected chi connectivity index (χ1v) is 13.5. The van der Waals surface area contributed by atoms with Crippen molar-refractivity contribution >= 4 is 24.1 Å². The molecule has 1 aromatic rings. The van der Waals surface area contributed by atoms with Crippen LogP contribution in [0, 0.1) is 16.2 Å². The monoisotopic (exact) mass is 565 g/mol. The van der Waals surface area contributed by atoms with E-state index in [-0.39, 0.29) is 60.2 Å². The molecule has 1 unspecified atom stereocenters. The lowest BCUT2D eigenvalue weighted by Crippen LogP contribution is -2.42. The lowest BCUT2D eigenvalue weighted by molar-refractivity contribution is -0.139. The number of carbonyl (C=O) groups excluding carboxylic acids is 3. The van der Waals surface area contributed by atoms with Gasteiger partial charge in [-0.1, -0.05) is 68.4 Å². The molecule has 0 fully saturated rings. The Hall–Kier alpha value is -3.14. The number of carboxylic acids is 1. The molecule has 0 bridgehead atoms. The van der Waals surface area contributed by atoms with E-state index in [0.29, 0.717) is 5.56 Å². The Bertz CT molecular complexity index is 1030. The molecule has 0 aromatic heterocycles. The van der Waals surface area contributed by atoms with Gasteiger partial charge in [0.05, 0.1) is 19.4 Å². The van der Waals surface area contributed by atoms with Crippen LogP contribution in [0.1, 0.15) is 87.6 Å². The highest BCUT2D eigenvalue weighted by atomic mass is 16.7. The van der Waals surface area contributed by atoms with Gasteiger partial charge in [0, 0.05) is 6.54 Å². The second-order valence-corrected chi connectivity index (χ2v) is 13.7. The fourth-order valence-electron chi connectivity index (χ4n) is 3.33. The Labute approximate surface area is 238 Å². The summed E-state index contributed by atoms with van der Waals surface area (Å²) in [5.74, 6) is -1.98. The summed E-state index contributed by atoms with van der Waals surface area (Å²) in [4.78, 5) is 48.9. The molecule has 0 saturated carbocycles. The molecule has 10 heteroatoms. The molecule has 0 aliphatic heterocycles. The molecule has 0 spiro atoms. The van der Waals surface area contributed by atoms with E-state index in [2.05, 4.69) is 5.32 Å². The summed E-state index contributed by atoms with van der Waals surface area (Å²) in [5, 5.41) is 12.7. The van der Waals surface area contributed by atoms with E-state index >= 15 is 0 Å². The summed E-state index contributed by atoms with van der Waals surface area (Å²) < 4.78 is 21.4. The normalized spacial score (nSPS) is 13.7. The Balaban J connectivity index is 3.01. The van der Waals surface area contributed by atoms with E-state index < -0.39 is 36.2 Å². The van der Waals surface area contributed by atoms with Crippen LogP contribution in [-0.2, 0) is 30.3 Å². The first kappa shape index (κ1) is 34.9. The van der Waals surface area contributed by atoms with Crippen molar-refractivity contribution in [1.82, 2.24) is 5.32 Å². The molecule has 10 nitrogen and oxygen atoms in total. The molecule has 226 valence electrons. The van der Waals surface area contributed by atoms with Crippen molar-refractivity contribution in [3.8, 4) is 11.5 Å². The molecule has 0 aliphatic rings. The Morgan fingerprint density at radius 2 is 1.35 bits per heavy atom. The topological polar surface area (TPSA) is 137 Å². The fraction of sp³-hybridized carbons (Fsp3) is 0.667. The third kappa shape index (κ3) is 15.5. The van der Waals surface area contributed by atoms with Gasteiger partial charge in [0.2, 0.25) is 0 Å². The summed E-state index contributed by atoms with van der Waals surface area (Å²) in [6, 6.07) is 3.57. The van der Waals surface area contributed by atoms with Crippen LogP contribution in [0.25, 0.3) is 0 Å². The van der Waals surface area contributed by atoms with Gasteiger partial charge in [-0.3, -0.25) is 14.4 Å². The van der Waals surface area contributed by atoms with Crippen molar-refractivity contribution in [2.24, 2.45) is 16.2 Å². The van der Waals surface area contributed by atoms with E-state index in [9.17, 15) is 24.3 Å². The Kier molecular flexibility index (Phi) is 12.6. The molecule has 2 N–H and O–H groups in total. The van der Waals surface area contributed by atoms with E-state index in [4.69, 9.17) is 18.9 Å². The largest absolute Gasteiger partial charge is 0.508 e. The lowest BCUT2D eigenvalue weighted by Gasteiger charge is -2.21. The van der Waals surface area contributed by atoms with Crippen LogP contribution in [0.5, 0.6) is 11.5 Å². The number of rotatable bonds is 12. The van der Waals surface area contributed by atoms with Gasteiger partial charge in [-0.25, -0.2) is 4.79 Å². The highest BCUT2D eigenvalue weighted by molar-refractivity contribution is 5.77. The minimum absolute atomic E-state index is 0.0244. The zero-order valence-corrected chi connectivity index (χ0v) is 25.6. The smallest absolute Gasteiger partial charge is 0.480 e. The minimum atomic E-state index is -1.12. The SMILES string of the molecule is CC(CN[C@@H](Cc1ccc(OC(=O)CC(C)(C)C)c(OC(=O)CC(C)(C)C)c1)C(=O)O)OC(=O)OCC(C)(C)C. The quantitative estimate of drug-likeness (QED) is 0.245. The maximum Gasteiger partial charge on any atom is 0.508 e. The molecule has 1 rings (SSSR count). The number of nitrogens with one attached hydrogen (secondary N) is 1. The van der Waals surface area contributed by atoms with Gasteiger partial charge in [-0.2, -0.15) is 0 Å². The van der Waals surface area contributed by atoms with Crippen molar-refractivity contribution < 1.29 is 43.2 Å². The van der Waals surface area contributed by atoms with Gasteiger partial charge in [0.15, 0.2) is 11.5 Å². The summed E-state index contributed by atoms with van der Waals surface area (Å²) in [6.07, 6.45) is -1.17. The highest BCUT2D eigenvalue weighted by Gasteiger charge is 2.25. The Morgan fingerprint density at radius 3 is 1.82 bits per heavy atom. The highest BCUT2D eigenvalue weighted by Crippen LogP contribution is 2.32. The summed E-state index contributed by atoms with van der Waals surface area (Å²) >= 11 is 0. The Morgan fingerprint density at radius 1 is 0.825 bits per heavy atom. The molecule has 2 atom stereocenters. The molecule has 0 saturated heterocycles. The zero-order chi connectivity index (χ0) is 30.9. The van der Waals surface area contributed by atoms with E-state index in [1.807, 2.05) is 62.3 Å². The summed E-state index contributed by atoms with van der Waals surface area (Å²) in [7, 11) is 0. The number of carbonyl (C=O) groups is 4. The second-order valence-electron chi connectivity index (χ2n) is 13.7. The molecule has 1 aromatic carbocycles. The van der Waals surface area contributed by atoms with E-state index in [0.717, 1.165) is 0 Å². The van der Waals surface area contributed by atoms with Gasteiger partial charge < -0.3 is 29.4 Å². The van der Waals surface area contributed by atoms with Crippen LogP contribution in [0.4, 0.5) is 4.79 Å². The predicted molar refractivity (Wildman–Crippen MR) is 150 cm³/mol. The number of benzene rings is 1. The zero-order valence-electron chi connectivity index (χ0n) is 25.6. The predicted octanol–water partition coefficient (Wildman–Crippen LogP) is 5.54.